The van der Waals surface area contributed by atoms with Crippen molar-refractivity contribution in [2.24, 2.45) is 0 Å². The maximum Gasteiger partial charge on any atom is 0.136 e. The van der Waals surface area contributed by atoms with Crippen molar-refractivity contribution in [1.29, 1.82) is 0 Å². The molecule has 51 heavy (non-hydrogen) atoms. The molecular formula is C50H32O. The first-order chi connectivity index (χ1) is 29.4. The first kappa shape index (κ1) is 20.7. The van der Waals surface area contributed by atoms with E-state index >= 15 is 0 Å². The molecule has 10 rings (SSSR count). The fourth-order valence-corrected chi connectivity index (χ4v) is 7.37. The van der Waals surface area contributed by atoms with Gasteiger partial charge in [0.15, 0.2) is 0 Å². The summed E-state index contributed by atoms with van der Waals surface area (Å²) in [6.07, 6.45) is 0. The quantitative estimate of drug-likeness (QED) is 0.168. The molecule has 0 unspecified atom stereocenters. The van der Waals surface area contributed by atoms with Gasteiger partial charge < -0.3 is 4.42 Å². The minimum atomic E-state index is -0.434. The summed E-state index contributed by atoms with van der Waals surface area (Å²) in [5.74, 6) is 0. The zero-order valence-corrected chi connectivity index (χ0v) is 27.1. The Balaban J connectivity index is 1.11. The third kappa shape index (κ3) is 4.94. The first-order valence-electron chi connectivity index (χ1n) is 21.7. The Hall–Kier alpha value is -6.70. The molecule has 1 heterocycles. The molecule has 0 saturated carbocycles. The largest absolute Gasteiger partial charge is 0.456 e. The molecule has 0 radical (unpaired) electrons. The van der Waals surface area contributed by atoms with Crippen LogP contribution in [0.15, 0.2) is 198 Å². The monoisotopic (exact) mass is 658 g/mol. The summed E-state index contributed by atoms with van der Waals surface area (Å²) < 4.78 is 89.3. The third-order valence-electron chi connectivity index (χ3n) is 9.67. The van der Waals surface area contributed by atoms with Crippen molar-refractivity contribution >= 4 is 43.5 Å². The number of fused-ring (bicyclic) bond motifs is 5. The topological polar surface area (TPSA) is 13.1 Å². The molecule has 0 aliphatic rings. The molecule has 10 aromatic rings. The van der Waals surface area contributed by atoms with E-state index in [1.165, 1.54) is 0 Å². The van der Waals surface area contributed by atoms with Gasteiger partial charge in [-0.1, -0.05) is 176 Å². The van der Waals surface area contributed by atoms with Crippen molar-refractivity contribution in [3.8, 4) is 55.6 Å². The number of hydrogen-bond donors (Lipinski definition) is 0. The van der Waals surface area contributed by atoms with E-state index in [2.05, 4.69) is 54.6 Å². The molecule has 0 aliphatic heterocycles. The van der Waals surface area contributed by atoms with Crippen LogP contribution in [0.1, 0.15) is 13.7 Å². The molecule has 0 bridgehead atoms. The van der Waals surface area contributed by atoms with Gasteiger partial charge in [-0.2, -0.15) is 0 Å². The van der Waals surface area contributed by atoms with Crippen molar-refractivity contribution in [2.45, 2.75) is 0 Å². The van der Waals surface area contributed by atoms with Gasteiger partial charge in [-0.15, -0.1) is 0 Å². The molecule has 9 aromatic carbocycles. The summed E-state index contributed by atoms with van der Waals surface area (Å²) in [4.78, 5) is 0. The van der Waals surface area contributed by atoms with Crippen molar-refractivity contribution < 1.29 is 18.1 Å². The fraction of sp³-hybridized carbons (Fsp3) is 0. The highest BCUT2D eigenvalue weighted by Gasteiger charge is 2.20. The number of furan rings is 1. The highest BCUT2D eigenvalue weighted by molar-refractivity contribution is 6.25. The second-order valence-corrected chi connectivity index (χ2v) is 12.5. The zero-order chi connectivity index (χ0) is 42.4. The van der Waals surface area contributed by atoms with Crippen LogP contribution in [0.25, 0.3) is 99.1 Å². The van der Waals surface area contributed by atoms with Crippen LogP contribution in [-0.2, 0) is 0 Å². The molecule has 0 saturated heterocycles. The molecule has 0 spiro atoms. The maximum absolute atomic E-state index is 8.66. The molecule has 0 amide bonds. The Morgan fingerprint density at radius 2 is 0.804 bits per heavy atom. The lowest BCUT2D eigenvalue weighted by Crippen LogP contribution is -1.91. The smallest absolute Gasteiger partial charge is 0.136 e. The lowest BCUT2D eigenvalue weighted by Gasteiger charge is -2.18. The average molecular weight is 659 g/mol. The molecule has 1 aromatic heterocycles. The molecule has 1 heteroatoms. The minimum absolute atomic E-state index is 0.136. The van der Waals surface area contributed by atoms with Gasteiger partial charge in [0.1, 0.15) is 11.2 Å². The second-order valence-electron chi connectivity index (χ2n) is 12.5. The number of rotatable bonds is 5. The van der Waals surface area contributed by atoms with Crippen LogP contribution in [-0.4, -0.2) is 0 Å². The van der Waals surface area contributed by atoms with Gasteiger partial charge >= 0.3 is 0 Å². The summed E-state index contributed by atoms with van der Waals surface area (Å²) in [7, 11) is 0. The third-order valence-corrected chi connectivity index (χ3v) is 9.67. The maximum atomic E-state index is 8.66. The van der Waals surface area contributed by atoms with Gasteiger partial charge in [0.05, 0.1) is 13.7 Å². The molecule has 238 valence electrons. The molecule has 0 aliphatic carbocycles. The van der Waals surface area contributed by atoms with E-state index in [9.17, 15) is 0 Å². The van der Waals surface area contributed by atoms with Crippen LogP contribution in [0.3, 0.4) is 0 Å². The lowest BCUT2D eigenvalue weighted by atomic mass is 9.84. The van der Waals surface area contributed by atoms with Crippen molar-refractivity contribution in [3.63, 3.8) is 0 Å². The molecule has 0 N–H and O–H groups in total. The number of benzene rings is 9. The van der Waals surface area contributed by atoms with Crippen LogP contribution in [0.5, 0.6) is 0 Å². The fourth-order valence-electron chi connectivity index (χ4n) is 7.37. The van der Waals surface area contributed by atoms with E-state index in [-0.39, 0.29) is 59.5 Å². The Morgan fingerprint density at radius 3 is 1.37 bits per heavy atom. The van der Waals surface area contributed by atoms with E-state index in [4.69, 9.17) is 18.1 Å². The van der Waals surface area contributed by atoms with E-state index in [0.717, 1.165) is 65.7 Å². The van der Waals surface area contributed by atoms with Gasteiger partial charge in [0.25, 0.3) is 0 Å². The first-order valence-corrected chi connectivity index (χ1v) is 16.7. The summed E-state index contributed by atoms with van der Waals surface area (Å²) in [6.45, 7) is 0. The van der Waals surface area contributed by atoms with Crippen molar-refractivity contribution in [1.82, 2.24) is 0 Å². The van der Waals surface area contributed by atoms with Crippen LogP contribution >= 0.6 is 0 Å². The Labute approximate surface area is 310 Å². The molecule has 0 fully saturated rings. The summed E-state index contributed by atoms with van der Waals surface area (Å²) in [5.41, 5.74) is 8.58. The summed E-state index contributed by atoms with van der Waals surface area (Å²) >= 11 is 0. The molecular weight excluding hydrogens is 617 g/mol. The summed E-state index contributed by atoms with van der Waals surface area (Å²) in [6, 6.07) is 40.5. The average Bonchev–Trinajstić information content (AvgIpc) is 3.67. The Bertz CT molecular complexity index is 3350. The van der Waals surface area contributed by atoms with Gasteiger partial charge in [-0.25, -0.2) is 0 Å². The SMILES string of the molecule is [2H]c1c([2H])c([2H])c(-c2ccc(-c3ccc(-c4c5ccccc5c(-c5cccc6oc7ccc(-c8c([2H])c([2H])c([2H])c([2H])c8[2H])cc7c56)c5ccccc45)cc3)cc2)c([2H])c1[2H]. The Morgan fingerprint density at radius 1 is 0.333 bits per heavy atom. The highest BCUT2D eigenvalue weighted by Crippen LogP contribution is 2.47. The van der Waals surface area contributed by atoms with Crippen LogP contribution in [0.4, 0.5) is 0 Å². The normalized spacial score (nSPS) is 14.3. The second kappa shape index (κ2) is 12.0. The molecule has 1 nitrogen and oxygen atoms in total. The van der Waals surface area contributed by atoms with Crippen molar-refractivity contribution in [3.05, 3.63) is 194 Å². The van der Waals surface area contributed by atoms with E-state index in [1.54, 1.807) is 24.3 Å². The van der Waals surface area contributed by atoms with Gasteiger partial charge in [-0.3, -0.25) is 0 Å². The lowest BCUT2D eigenvalue weighted by molar-refractivity contribution is 0.669. The van der Waals surface area contributed by atoms with Gasteiger partial charge in [0.2, 0.25) is 0 Å². The number of hydrogen-bond acceptors (Lipinski definition) is 1. The standard InChI is InChI=1S/C50H32O/c1-3-12-33(13-4-1)35-22-24-36(25-23-35)37-26-28-38(29-27-37)48-40-16-7-9-18-42(40)49(43-19-10-8-17-41(43)48)44-20-11-21-47-50(44)45-32-39(30-31-46(45)51-47)34-14-5-2-6-15-34/h1-32H/i1D,2D,3D,4D,5D,6D,12D,13D,14D,15D. The van der Waals surface area contributed by atoms with E-state index < -0.39 is 12.1 Å². The zero-order valence-electron chi connectivity index (χ0n) is 37.1. The van der Waals surface area contributed by atoms with E-state index in [1.807, 2.05) is 54.6 Å². The Kier molecular flexibility index (Phi) is 4.88. The van der Waals surface area contributed by atoms with Gasteiger partial charge in [0, 0.05) is 10.8 Å². The van der Waals surface area contributed by atoms with Crippen LogP contribution < -0.4 is 0 Å². The van der Waals surface area contributed by atoms with Crippen LogP contribution in [0.2, 0.25) is 0 Å². The van der Waals surface area contributed by atoms with Crippen molar-refractivity contribution in [2.75, 3.05) is 0 Å². The van der Waals surface area contributed by atoms with E-state index in [0.29, 0.717) is 22.3 Å². The summed E-state index contributed by atoms with van der Waals surface area (Å²) in [5, 5.41) is 5.80. The minimum Gasteiger partial charge on any atom is -0.456 e. The molecule has 0 atom stereocenters. The highest BCUT2D eigenvalue weighted by atomic mass is 16.3. The predicted octanol–water partition coefficient (Wildman–Crippen LogP) is 14.2. The predicted molar refractivity (Wildman–Crippen MR) is 216 cm³/mol. The van der Waals surface area contributed by atoms with Gasteiger partial charge in [-0.05, 0) is 95.4 Å². The van der Waals surface area contributed by atoms with Crippen LogP contribution in [0, 0.1) is 0 Å².